The smallest absolute Gasteiger partial charge is 0.161 e. The van der Waals surface area contributed by atoms with Crippen LogP contribution in [0.25, 0.3) is 27.1 Å². The second-order valence-corrected chi connectivity index (χ2v) is 7.11. The Hall–Kier alpha value is -2.97. The summed E-state index contributed by atoms with van der Waals surface area (Å²) in [6.45, 7) is 4.36. The molecule has 2 nitrogen and oxygen atoms in total. The molecule has 0 spiro atoms. The zero-order chi connectivity index (χ0) is 19.7. The molecular formula is C25H21ClO2. The molecular weight excluding hydrogens is 368 g/mol. The number of halogens is 1. The molecule has 140 valence electrons. The van der Waals surface area contributed by atoms with Crippen molar-refractivity contribution in [3.05, 3.63) is 89.5 Å². The van der Waals surface area contributed by atoms with Crippen LogP contribution < -0.4 is 9.47 Å². The van der Waals surface area contributed by atoms with E-state index in [1.165, 1.54) is 5.56 Å². The van der Waals surface area contributed by atoms with E-state index in [9.17, 15) is 0 Å². The number of fused-ring (bicyclic) bond motifs is 2. The van der Waals surface area contributed by atoms with Crippen LogP contribution in [0, 0.1) is 0 Å². The molecule has 0 N–H and O–H groups in total. The van der Waals surface area contributed by atoms with E-state index in [-0.39, 0.29) is 0 Å². The summed E-state index contributed by atoms with van der Waals surface area (Å²) in [5.74, 6) is 1.41. The van der Waals surface area contributed by atoms with Crippen LogP contribution in [0.5, 0.6) is 11.5 Å². The molecule has 0 radical (unpaired) electrons. The molecule has 4 rings (SSSR count). The van der Waals surface area contributed by atoms with Gasteiger partial charge in [0, 0.05) is 10.8 Å². The van der Waals surface area contributed by atoms with E-state index in [4.69, 9.17) is 21.1 Å². The van der Waals surface area contributed by atoms with Gasteiger partial charge in [0.15, 0.2) is 11.5 Å². The monoisotopic (exact) mass is 388 g/mol. The normalized spacial score (nSPS) is 11.0. The molecule has 0 fully saturated rings. The van der Waals surface area contributed by atoms with E-state index in [0.29, 0.717) is 17.9 Å². The summed E-state index contributed by atoms with van der Waals surface area (Å²) in [6.07, 6.45) is 0.716. The number of ether oxygens (including phenoxy) is 2. The molecule has 3 heteroatoms. The number of methoxy groups -OCH3 is 2. The molecule has 4 aromatic carbocycles. The quantitative estimate of drug-likeness (QED) is 0.345. The van der Waals surface area contributed by atoms with Crippen LogP contribution >= 0.6 is 11.6 Å². The summed E-state index contributed by atoms with van der Waals surface area (Å²) in [5.41, 5.74) is 3.27. The van der Waals surface area contributed by atoms with Gasteiger partial charge in [0.1, 0.15) is 0 Å². The topological polar surface area (TPSA) is 18.5 Å². The zero-order valence-corrected chi connectivity index (χ0v) is 16.7. The number of benzene rings is 4. The van der Waals surface area contributed by atoms with Crippen molar-refractivity contribution in [1.82, 2.24) is 0 Å². The van der Waals surface area contributed by atoms with Crippen molar-refractivity contribution < 1.29 is 9.47 Å². The lowest BCUT2D eigenvalue weighted by Crippen LogP contribution is -1.96. The Labute approximate surface area is 170 Å². The SMILES string of the molecule is C=C(Cc1c2ccccc2c(Cl)c2ccccc12)c1ccc(OC)c(OC)c1. The average Bonchev–Trinajstić information content (AvgIpc) is 2.76. The summed E-state index contributed by atoms with van der Waals surface area (Å²) in [4.78, 5) is 0. The fraction of sp³-hybridized carbons (Fsp3) is 0.120. The Balaban J connectivity index is 1.85. The van der Waals surface area contributed by atoms with Gasteiger partial charge in [-0.2, -0.15) is 0 Å². The maximum atomic E-state index is 6.72. The first-order valence-electron chi connectivity index (χ1n) is 9.12. The molecule has 0 heterocycles. The lowest BCUT2D eigenvalue weighted by molar-refractivity contribution is 0.355. The summed E-state index contributed by atoms with van der Waals surface area (Å²) in [7, 11) is 3.28. The summed E-state index contributed by atoms with van der Waals surface area (Å²) in [6, 6.07) is 22.5. The number of rotatable bonds is 5. The molecule has 0 unspecified atom stereocenters. The van der Waals surface area contributed by atoms with Crippen LogP contribution in [-0.4, -0.2) is 14.2 Å². The molecule has 28 heavy (non-hydrogen) atoms. The van der Waals surface area contributed by atoms with Gasteiger partial charge in [-0.3, -0.25) is 0 Å². The van der Waals surface area contributed by atoms with Crippen molar-refractivity contribution in [3.63, 3.8) is 0 Å². The van der Waals surface area contributed by atoms with E-state index in [0.717, 1.165) is 37.7 Å². The summed E-state index contributed by atoms with van der Waals surface area (Å²) >= 11 is 6.72. The molecule has 0 aliphatic carbocycles. The fourth-order valence-corrected chi connectivity index (χ4v) is 4.06. The Morgan fingerprint density at radius 2 is 1.32 bits per heavy atom. The number of hydrogen-bond donors (Lipinski definition) is 0. The predicted octanol–water partition coefficient (Wildman–Crippen LogP) is 6.92. The Morgan fingerprint density at radius 3 is 1.86 bits per heavy atom. The van der Waals surface area contributed by atoms with Gasteiger partial charge in [0.25, 0.3) is 0 Å². The van der Waals surface area contributed by atoms with Crippen molar-refractivity contribution in [2.24, 2.45) is 0 Å². The fourth-order valence-electron chi connectivity index (χ4n) is 3.73. The minimum Gasteiger partial charge on any atom is -0.493 e. The van der Waals surface area contributed by atoms with Crippen molar-refractivity contribution in [2.75, 3.05) is 14.2 Å². The number of hydrogen-bond acceptors (Lipinski definition) is 2. The molecule has 0 amide bonds. The van der Waals surface area contributed by atoms with Gasteiger partial charge in [0.05, 0.1) is 19.2 Å². The van der Waals surface area contributed by atoms with Crippen molar-refractivity contribution in [3.8, 4) is 11.5 Å². The standard InChI is InChI=1S/C25H21ClO2/c1-16(17-12-13-23(27-2)24(15-17)28-3)14-22-18-8-4-6-10-20(18)25(26)21-11-7-5-9-19(21)22/h4-13,15H,1,14H2,2-3H3. The highest BCUT2D eigenvalue weighted by molar-refractivity contribution is 6.41. The lowest BCUT2D eigenvalue weighted by atomic mass is 9.90. The largest absolute Gasteiger partial charge is 0.493 e. The van der Waals surface area contributed by atoms with E-state index < -0.39 is 0 Å². The molecule has 0 saturated carbocycles. The van der Waals surface area contributed by atoms with Crippen molar-refractivity contribution in [2.45, 2.75) is 6.42 Å². The molecule has 0 aliphatic rings. The van der Waals surface area contributed by atoms with Crippen LogP contribution in [0.4, 0.5) is 0 Å². The zero-order valence-electron chi connectivity index (χ0n) is 16.0. The second kappa shape index (κ2) is 7.57. The predicted molar refractivity (Wildman–Crippen MR) is 119 cm³/mol. The highest BCUT2D eigenvalue weighted by atomic mass is 35.5. The molecule has 0 bridgehead atoms. The van der Waals surface area contributed by atoms with Crippen LogP contribution in [0.1, 0.15) is 11.1 Å². The van der Waals surface area contributed by atoms with Gasteiger partial charge < -0.3 is 9.47 Å². The van der Waals surface area contributed by atoms with Gasteiger partial charge in [-0.1, -0.05) is 72.8 Å². The molecule has 0 saturated heterocycles. The van der Waals surface area contributed by atoms with Crippen LogP contribution in [0.3, 0.4) is 0 Å². The summed E-state index contributed by atoms with van der Waals surface area (Å²) in [5, 5.41) is 5.25. The van der Waals surface area contributed by atoms with E-state index in [2.05, 4.69) is 43.0 Å². The first-order valence-corrected chi connectivity index (χ1v) is 9.50. The lowest BCUT2D eigenvalue weighted by Gasteiger charge is -2.16. The van der Waals surface area contributed by atoms with Crippen molar-refractivity contribution in [1.29, 1.82) is 0 Å². The van der Waals surface area contributed by atoms with E-state index in [1.54, 1.807) is 14.2 Å². The third-order valence-electron chi connectivity index (χ3n) is 5.16. The van der Waals surface area contributed by atoms with Gasteiger partial charge in [-0.15, -0.1) is 0 Å². The summed E-state index contributed by atoms with van der Waals surface area (Å²) < 4.78 is 10.8. The highest BCUT2D eigenvalue weighted by Crippen LogP contribution is 2.38. The third kappa shape index (κ3) is 3.10. The van der Waals surface area contributed by atoms with Gasteiger partial charge in [-0.05, 0) is 46.0 Å². The van der Waals surface area contributed by atoms with Gasteiger partial charge in [0.2, 0.25) is 0 Å². The van der Waals surface area contributed by atoms with Crippen LogP contribution in [0.15, 0.2) is 73.3 Å². The second-order valence-electron chi connectivity index (χ2n) is 6.73. The Kier molecular flexibility index (Phi) is 4.97. The molecule has 0 aromatic heterocycles. The maximum Gasteiger partial charge on any atom is 0.161 e. The first-order chi connectivity index (χ1) is 13.6. The van der Waals surface area contributed by atoms with E-state index in [1.807, 2.05) is 30.3 Å². The number of allylic oxidation sites excluding steroid dienone is 1. The first kappa shape index (κ1) is 18.4. The van der Waals surface area contributed by atoms with Gasteiger partial charge >= 0.3 is 0 Å². The minimum absolute atomic E-state index is 0.701. The molecule has 0 aliphatic heterocycles. The van der Waals surface area contributed by atoms with Crippen LogP contribution in [0.2, 0.25) is 5.02 Å². The highest BCUT2D eigenvalue weighted by Gasteiger charge is 2.14. The Bertz CT molecular complexity index is 1140. The maximum absolute atomic E-state index is 6.72. The average molecular weight is 389 g/mol. The minimum atomic E-state index is 0.701. The third-order valence-corrected chi connectivity index (χ3v) is 5.57. The van der Waals surface area contributed by atoms with Crippen LogP contribution in [-0.2, 0) is 6.42 Å². The Morgan fingerprint density at radius 1 is 0.786 bits per heavy atom. The molecule has 0 atom stereocenters. The van der Waals surface area contributed by atoms with Gasteiger partial charge in [-0.25, -0.2) is 0 Å². The van der Waals surface area contributed by atoms with Crippen molar-refractivity contribution >= 4 is 38.7 Å². The molecule has 4 aromatic rings. The van der Waals surface area contributed by atoms with E-state index >= 15 is 0 Å².